The molecule has 2 heterocycles. The standard InChI is InChI=1S/C8H7ClN2OS/c1-12-4-6-11-7-5(13-6)2-3-10-8(7)9/h2-3H,4H2,1H3. The number of rotatable bonds is 2. The lowest BCUT2D eigenvalue weighted by Crippen LogP contribution is -1.84. The van der Waals surface area contributed by atoms with Crippen LogP contribution >= 0.6 is 22.9 Å². The van der Waals surface area contributed by atoms with E-state index in [-0.39, 0.29) is 0 Å². The summed E-state index contributed by atoms with van der Waals surface area (Å²) in [6, 6.07) is 1.90. The van der Waals surface area contributed by atoms with Crippen molar-refractivity contribution in [2.45, 2.75) is 6.61 Å². The number of hydrogen-bond donors (Lipinski definition) is 0. The minimum absolute atomic E-state index is 0.455. The average Bonchev–Trinajstić information content (AvgIpc) is 2.49. The number of halogens is 1. The predicted molar refractivity (Wildman–Crippen MR) is 53.1 cm³/mol. The highest BCUT2D eigenvalue weighted by atomic mass is 35.5. The zero-order valence-electron chi connectivity index (χ0n) is 6.95. The fraction of sp³-hybridized carbons (Fsp3) is 0.250. The van der Waals surface area contributed by atoms with Crippen molar-refractivity contribution in [3.05, 3.63) is 22.4 Å². The molecule has 0 bridgehead atoms. The monoisotopic (exact) mass is 214 g/mol. The van der Waals surface area contributed by atoms with Crippen molar-refractivity contribution in [3.8, 4) is 0 Å². The van der Waals surface area contributed by atoms with E-state index in [4.69, 9.17) is 16.3 Å². The summed E-state index contributed by atoms with van der Waals surface area (Å²) in [5, 5.41) is 1.38. The number of fused-ring (bicyclic) bond motifs is 1. The van der Waals surface area contributed by atoms with Crippen LogP contribution in [-0.4, -0.2) is 17.1 Å². The molecule has 0 aromatic carbocycles. The van der Waals surface area contributed by atoms with E-state index >= 15 is 0 Å². The maximum atomic E-state index is 5.86. The number of methoxy groups -OCH3 is 1. The summed E-state index contributed by atoms with van der Waals surface area (Å²) in [7, 11) is 1.64. The Morgan fingerprint density at radius 1 is 1.62 bits per heavy atom. The van der Waals surface area contributed by atoms with Gasteiger partial charge in [-0.2, -0.15) is 0 Å². The first-order valence-corrected chi connectivity index (χ1v) is 4.89. The quantitative estimate of drug-likeness (QED) is 0.721. The maximum absolute atomic E-state index is 5.86. The van der Waals surface area contributed by atoms with E-state index in [2.05, 4.69) is 9.97 Å². The van der Waals surface area contributed by atoms with Gasteiger partial charge in [-0.1, -0.05) is 11.6 Å². The van der Waals surface area contributed by atoms with Crippen molar-refractivity contribution in [2.75, 3.05) is 7.11 Å². The molecule has 5 heteroatoms. The van der Waals surface area contributed by atoms with Crippen LogP contribution in [0.5, 0.6) is 0 Å². The van der Waals surface area contributed by atoms with Gasteiger partial charge in [0.25, 0.3) is 0 Å². The first-order valence-electron chi connectivity index (χ1n) is 3.70. The SMILES string of the molecule is COCc1nc2c(Cl)nccc2s1. The van der Waals surface area contributed by atoms with Crippen molar-refractivity contribution in [2.24, 2.45) is 0 Å². The van der Waals surface area contributed by atoms with Crippen LogP contribution in [0.25, 0.3) is 10.2 Å². The molecule has 0 unspecified atom stereocenters. The molecule has 3 nitrogen and oxygen atoms in total. The summed E-state index contributed by atoms with van der Waals surface area (Å²) in [6.07, 6.45) is 1.68. The van der Waals surface area contributed by atoms with Crippen molar-refractivity contribution >= 4 is 33.2 Å². The van der Waals surface area contributed by atoms with Gasteiger partial charge < -0.3 is 4.74 Å². The molecule has 68 valence electrons. The number of thiazole rings is 1. The zero-order valence-corrected chi connectivity index (χ0v) is 8.52. The Bertz CT molecular complexity index is 429. The number of pyridine rings is 1. The van der Waals surface area contributed by atoms with E-state index in [0.29, 0.717) is 11.8 Å². The van der Waals surface area contributed by atoms with Gasteiger partial charge in [-0.15, -0.1) is 11.3 Å². The second-order valence-electron chi connectivity index (χ2n) is 2.49. The Balaban J connectivity index is 2.55. The molecule has 2 aromatic rings. The van der Waals surface area contributed by atoms with E-state index in [1.807, 2.05) is 6.07 Å². The highest BCUT2D eigenvalue weighted by Crippen LogP contribution is 2.26. The molecule has 0 saturated heterocycles. The molecular weight excluding hydrogens is 208 g/mol. The van der Waals surface area contributed by atoms with Crippen LogP contribution in [0.4, 0.5) is 0 Å². The van der Waals surface area contributed by atoms with Gasteiger partial charge in [0, 0.05) is 13.3 Å². The first-order chi connectivity index (χ1) is 6.31. The number of hydrogen-bond acceptors (Lipinski definition) is 4. The minimum atomic E-state index is 0.455. The van der Waals surface area contributed by atoms with Gasteiger partial charge in [-0.3, -0.25) is 0 Å². The van der Waals surface area contributed by atoms with E-state index in [0.717, 1.165) is 15.2 Å². The van der Waals surface area contributed by atoms with E-state index < -0.39 is 0 Å². The first kappa shape index (κ1) is 8.87. The molecule has 0 aliphatic carbocycles. The second kappa shape index (κ2) is 3.57. The number of ether oxygens (including phenoxy) is 1. The molecule has 0 atom stereocenters. The minimum Gasteiger partial charge on any atom is -0.378 e. The number of aromatic nitrogens is 2. The summed E-state index contributed by atoms with van der Waals surface area (Å²) in [5.74, 6) is 0. The summed E-state index contributed by atoms with van der Waals surface area (Å²) < 4.78 is 6.03. The zero-order chi connectivity index (χ0) is 9.26. The Labute approximate surface area is 84.3 Å². The third kappa shape index (κ3) is 1.65. The summed E-state index contributed by atoms with van der Waals surface area (Å²) >= 11 is 7.44. The van der Waals surface area contributed by atoms with Crippen molar-refractivity contribution in [1.82, 2.24) is 9.97 Å². The van der Waals surface area contributed by atoms with Gasteiger partial charge in [-0.05, 0) is 6.07 Å². The average molecular weight is 215 g/mol. The van der Waals surface area contributed by atoms with Crippen LogP contribution in [0.3, 0.4) is 0 Å². The van der Waals surface area contributed by atoms with E-state index in [1.54, 1.807) is 24.6 Å². The van der Waals surface area contributed by atoms with Crippen LogP contribution in [0, 0.1) is 0 Å². The lowest BCUT2D eigenvalue weighted by atomic mass is 10.4. The smallest absolute Gasteiger partial charge is 0.156 e. The van der Waals surface area contributed by atoms with Gasteiger partial charge in [0.05, 0.1) is 11.3 Å². The van der Waals surface area contributed by atoms with Crippen LogP contribution in [0.1, 0.15) is 5.01 Å². The fourth-order valence-electron chi connectivity index (χ4n) is 1.06. The molecule has 0 N–H and O–H groups in total. The lowest BCUT2D eigenvalue weighted by Gasteiger charge is -1.88. The van der Waals surface area contributed by atoms with Crippen LogP contribution in [0.2, 0.25) is 5.15 Å². The third-order valence-corrected chi connectivity index (χ3v) is 2.85. The molecule has 2 aromatic heterocycles. The van der Waals surface area contributed by atoms with Crippen molar-refractivity contribution < 1.29 is 4.74 Å². The molecule has 0 aliphatic heterocycles. The normalized spacial score (nSPS) is 10.9. The molecule has 0 saturated carbocycles. The topological polar surface area (TPSA) is 35.0 Å². The van der Waals surface area contributed by atoms with Crippen molar-refractivity contribution in [3.63, 3.8) is 0 Å². The van der Waals surface area contributed by atoms with Crippen LogP contribution in [-0.2, 0) is 11.3 Å². The molecule has 0 radical (unpaired) electrons. The largest absolute Gasteiger partial charge is 0.378 e. The van der Waals surface area contributed by atoms with Gasteiger partial charge in [0.15, 0.2) is 5.15 Å². The Morgan fingerprint density at radius 3 is 3.15 bits per heavy atom. The van der Waals surface area contributed by atoms with Crippen LogP contribution < -0.4 is 0 Å². The number of nitrogens with zero attached hydrogens (tertiary/aromatic N) is 2. The highest BCUT2D eigenvalue weighted by Gasteiger charge is 2.06. The molecule has 0 spiro atoms. The Hall–Kier alpha value is -0.710. The van der Waals surface area contributed by atoms with E-state index in [9.17, 15) is 0 Å². The fourth-order valence-corrected chi connectivity index (χ4v) is 2.25. The van der Waals surface area contributed by atoms with Gasteiger partial charge in [0.2, 0.25) is 0 Å². The van der Waals surface area contributed by atoms with Gasteiger partial charge in [-0.25, -0.2) is 9.97 Å². The molecule has 13 heavy (non-hydrogen) atoms. The summed E-state index contributed by atoms with van der Waals surface area (Å²) in [6.45, 7) is 0.523. The molecular formula is C8H7ClN2OS. The van der Waals surface area contributed by atoms with Gasteiger partial charge >= 0.3 is 0 Å². The molecule has 0 fully saturated rings. The summed E-state index contributed by atoms with van der Waals surface area (Å²) in [5.41, 5.74) is 0.765. The third-order valence-electron chi connectivity index (χ3n) is 1.57. The van der Waals surface area contributed by atoms with E-state index in [1.165, 1.54) is 0 Å². The Morgan fingerprint density at radius 2 is 2.46 bits per heavy atom. The lowest BCUT2D eigenvalue weighted by molar-refractivity contribution is 0.184. The highest BCUT2D eigenvalue weighted by molar-refractivity contribution is 7.18. The van der Waals surface area contributed by atoms with Gasteiger partial charge in [0.1, 0.15) is 10.5 Å². The Kier molecular flexibility index (Phi) is 2.44. The molecule has 2 rings (SSSR count). The predicted octanol–water partition coefficient (Wildman–Crippen LogP) is 2.49. The van der Waals surface area contributed by atoms with Crippen molar-refractivity contribution in [1.29, 1.82) is 0 Å². The maximum Gasteiger partial charge on any atom is 0.156 e. The second-order valence-corrected chi connectivity index (χ2v) is 3.96. The molecule has 0 aliphatic rings. The molecule has 0 amide bonds. The summed E-state index contributed by atoms with van der Waals surface area (Å²) in [4.78, 5) is 8.25. The van der Waals surface area contributed by atoms with Crippen LogP contribution in [0.15, 0.2) is 12.3 Å².